The van der Waals surface area contributed by atoms with E-state index in [4.69, 9.17) is 15.6 Å². The van der Waals surface area contributed by atoms with Crippen molar-refractivity contribution in [3.8, 4) is 5.75 Å². The molecule has 7 heteroatoms. The van der Waals surface area contributed by atoms with E-state index in [2.05, 4.69) is 35.7 Å². The molecule has 198 valence electrons. The first-order chi connectivity index (χ1) is 16.2. The van der Waals surface area contributed by atoms with E-state index in [1.54, 1.807) is 13.2 Å². The maximum absolute atomic E-state index is 9.88. The van der Waals surface area contributed by atoms with Crippen molar-refractivity contribution in [2.75, 3.05) is 7.11 Å². The fourth-order valence-corrected chi connectivity index (χ4v) is 4.24. The molecule has 2 aromatic carbocycles. The predicted molar refractivity (Wildman–Crippen MR) is 160 cm³/mol. The van der Waals surface area contributed by atoms with Gasteiger partial charge in [-0.15, -0.1) is 35.1 Å². The number of aryl methyl sites for hydroxylation is 2. The van der Waals surface area contributed by atoms with Crippen LogP contribution >= 0.6 is 35.1 Å². The predicted octanol–water partition coefficient (Wildman–Crippen LogP) is 7.82. The number of rotatable bonds is 8. The summed E-state index contributed by atoms with van der Waals surface area (Å²) in [6.07, 6.45) is 4.35. The molecule has 0 saturated carbocycles. The molecule has 0 fully saturated rings. The van der Waals surface area contributed by atoms with Gasteiger partial charge in [0.15, 0.2) is 6.29 Å². The summed E-state index contributed by atoms with van der Waals surface area (Å²) >= 11 is 3.30. The summed E-state index contributed by atoms with van der Waals surface area (Å²) in [4.78, 5) is 12.1. The first kappa shape index (κ1) is 35.7. The average molecular weight is 550 g/mol. The average Bonchev–Trinajstić information content (AvgIpc) is 3.59. The summed E-state index contributed by atoms with van der Waals surface area (Å²) in [5.74, 6) is 0.952. The minimum Gasteiger partial charge on any atom is -0.497 e. The lowest BCUT2D eigenvalue weighted by Crippen LogP contribution is -1.96. The van der Waals surface area contributed by atoms with Crippen LogP contribution in [0.3, 0.4) is 0 Å². The number of hydrogen-bond acceptors (Lipinski definition) is 6. The van der Waals surface area contributed by atoms with Crippen LogP contribution in [0.1, 0.15) is 52.5 Å². The molecule has 2 aromatic heterocycles. The standard InChI is InChI=1S/C14H16OS.C8H11NO.C5H4OS.2CH4.ClH/c1-15-13-7-2-5-12(11-13)6-3-8-14-9-4-10-16-14;9-5-7-2-1-3-8(4-7)6-10;6-4-5-2-1-3-7-5;;;/h2,4-5,7,9-11H,3,6,8H2,1H3;1-4,10H,5-6,9H2;1-4H;2*1H4;1H. The van der Waals surface area contributed by atoms with Crippen molar-refractivity contribution in [2.24, 2.45) is 5.73 Å². The van der Waals surface area contributed by atoms with Gasteiger partial charge in [-0.2, -0.15) is 0 Å². The third-order valence-corrected chi connectivity index (χ3v) is 6.41. The Kier molecular flexibility index (Phi) is 21.6. The Labute approximate surface area is 231 Å². The van der Waals surface area contributed by atoms with E-state index in [-0.39, 0.29) is 33.9 Å². The Morgan fingerprint density at radius 3 is 2.08 bits per heavy atom. The van der Waals surface area contributed by atoms with Crippen molar-refractivity contribution >= 4 is 41.4 Å². The van der Waals surface area contributed by atoms with E-state index in [9.17, 15) is 4.79 Å². The van der Waals surface area contributed by atoms with Gasteiger partial charge >= 0.3 is 0 Å². The van der Waals surface area contributed by atoms with E-state index >= 15 is 0 Å². The topological polar surface area (TPSA) is 72.6 Å². The van der Waals surface area contributed by atoms with Crippen LogP contribution in [0.15, 0.2) is 83.6 Å². The third-order valence-electron chi connectivity index (χ3n) is 4.67. The van der Waals surface area contributed by atoms with Gasteiger partial charge in [0.25, 0.3) is 0 Å². The second-order valence-corrected chi connectivity index (χ2v) is 9.11. The van der Waals surface area contributed by atoms with Gasteiger partial charge in [-0.1, -0.05) is 63.4 Å². The summed E-state index contributed by atoms with van der Waals surface area (Å²) in [5.41, 5.74) is 8.73. The molecule has 0 saturated heterocycles. The fraction of sp³-hybridized carbons (Fsp3) is 0.276. The van der Waals surface area contributed by atoms with Crippen molar-refractivity contribution < 1.29 is 14.6 Å². The third kappa shape index (κ3) is 14.2. The maximum Gasteiger partial charge on any atom is 0.159 e. The highest BCUT2D eigenvalue weighted by Gasteiger charge is 1.98. The molecule has 4 aromatic rings. The van der Waals surface area contributed by atoms with E-state index in [1.807, 2.05) is 53.1 Å². The lowest BCUT2D eigenvalue weighted by atomic mass is 10.1. The molecule has 0 aliphatic heterocycles. The number of benzene rings is 2. The molecule has 0 aliphatic carbocycles. The lowest BCUT2D eigenvalue weighted by molar-refractivity contribution is 0.112. The molecule has 0 bridgehead atoms. The Balaban J connectivity index is 0. The molecule has 36 heavy (non-hydrogen) atoms. The number of carbonyl (C=O) groups excluding carboxylic acids is 1. The zero-order valence-corrected chi connectivity index (χ0v) is 21.7. The van der Waals surface area contributed by atoms with Crippen molar-refractivity contribution in [3.63, 3.8) is 0 Å². The molecule has 0 radical (unpaired) electrons. The van der Waals surface area contributed by atoms with Crippen molar-refractivity contribution in [3.05, 3.63) is 110 Å². The largest absolute Gasteiger partial charge is 0.497 e. The Morgan fingerprint density at radius 2 is 1.53 bits per heavy atom. The van der Waals surface area contributed by atoms with E-state index in [0.717, 1.165) is 34.5 Å². The number of hydrogen-bond donors (Lipinski definition) is 2. The minimum atomic E-state index is 0. The van der Waals surface area contributed by atoms with Gasteiger partial charge in [-0.25, -0.2) is 0 Å². The molecule has 0 atom stereocenters. The SMILES string of the molecule is C.C.COc1cccc(CCCc2cccs2)c1.Cl.NCc1cccc(CO)c1.O=Cc1cccs1. The van der Waals surface area contributed by atoms with Crippen molar-refractivity contribution in [1.82, 2.24) is 0 Å². The van der Waals surface area contributed by atoms with Gasteiger partial charge < -0.3 is 15.6 Å². The van der Waals surface area contributed by atoms with Gasteiger partial charge in [0.1, 0.15) is 5.75 Å². The highest BCUT2D eigenvalue weighted by atomic mass is 35.5. The van der Waals surface area contributed by atoms with E-state index < -0.39 is 0 Å². The van der Waals surface area contributed by atoms with Crippen LogP contribution in [0.5, 0.6) is 5.75 Å². The molecule has 0 aliphatic rings. The van der Waals surface area contributed by atoms with Gasteiger partial charge in [0.05, 0.1) is 18.6 Å². The molecule has 0 spiro atoms. The van der Waals surface area contributed by atoms with Crippen molar-refractivity contribution in [1.29, 1.82) is 0 Å². The molecule has 3 N–H and O–H groups in total. The summed E-state index contributed by atoms with van der Waals surface area (Å²) in [5, 5.41) is 12.7. The monoisotopic (exact) mass is 549 g/mol. The van der Waals surface area contributed by atoms with Crippen LogP contribution in [0.4, 0.5) is 0 Å². The first-order valence-electron chi connectivity index (χ1n) is 10.7. The molecule has 2 heterocycles. The summed E-state index contributed by atoms with van der Waals surface area (Å²) in [6.45, 7) is 0.627. The number of nitrogens with two attached hydrogens (primary N) is 1. The molecule has 4 rings (SSSR count). The smallest absolute Gasteiger partial charge is 0.159 e. The first-order valence-corrected chi connectivity index (χ1v) is 12.5. The van der Waals surface area contributed by atoms with Crippen molar-refractivity contribution in [2.45, 2.75) is 47.3 Å². The van der Waals surface area contributed by atoms with E-state index in [1.165, 1.54) is 34.6 Å². The van der Waals surface area contributed by atoms with Crippen LogP contribution in [0, 0.1) is 0 Å². The highest BCUT2D eigenvalue weighted by molar-refractivity contribution is 7.11. The summed E-state index contributed by atoms with van der Waals surface area (Å²) in [6, 6.07) is 23.9. The van der Waals surface area contributed by atoms with Gasteiger partial charge in [-0.3, -0.25) is 4.79 Å². The van der Waals surface area contributed by atoms with Crippen LogP contribution in [-0.4, -0.2) is 18.5 Å². The zero-order valence-electron chi connectivity index (χ0n) is 19.3. The van der Waals surface area contributed by atoms with Crippen LogP contribution < -0.4 is 10.5 Å². The molecular weight excluding hydrogens is 510 g/mol. The number of aldehydes is 1. The quantitative estimate of drug-likeness (QED) is 0.220. The summed E-state index contributed by atoms with van der Waals surface area (Å²) in [7, 11) is 1.71. The van der Waals surface area contributed by atoms with E-state index in [0.29, 0.717) is 6.54 Å². The number of halogens is 1. The maximum atomic E-state index is 9.88. The Bertz CT molecular complexity index is 1020. The molecule has 0 amide bonds. The number of methoxy groups -OCH3 is 1. The highest BCUT2D eigenvalue weighted by Crippen LogP contribution is 2.16. The second kappa shape index (κ2) is 21.8. The number of thiophene rings is 2. The second-order valence-electron chi connectivity index (χ2n) is 7.10. The number of ether oxygens (including phenoxy) is 1. The van der Waals surface area contributed by atoms with Gasteiger partial charge in [0.2, 0.25) is 0 Å². The van der Waals surface area contributed by atoms with Gasteiger partial charge in [0, 0.05) is 11.4 Å². The Morgan fingerprint density at radius 1 is 0.861 bits per heavy atom. The summed E-state index contributed by atoms with van der Waals surface area (Å²) < 4.78 is 5.21. The normalized spacial score (nSPS) is 8.97. The Hall–Kier alpha value is -2.48. The van der Waals surface area contributed by atoms with Gasteiger partial charge in [-0.05, 0) is 71.0 Å². The zero-order chi connectivity index (χ0) is 23.7. The molecular formula is C29H40ClNO3S2. The lowest BCUT2D eigenvalue weighted by Gasteiger charge is -2.03. The van der Waals surface area contributed by atoms with Crippen LogP contribution in [0.25, 0.3) is 0 Å². The number of carbonyl (C=O) groups is 1. The number of aliphatic hydroxyl groups excluding tert-OH is 1. The fourth-order valence-electron chi connectivity index (χ4n) is 2.96. The molecule has 4 nitrogen and oxygen atoms in total. The molecule has 0 unspecified atom stereocenters. The van der Waals surface area contributed by atoms with Crippen LogP contribution in [-0.2, 0) is 26.0 Å². The number of aliphatic hydroxyl groups is 1. The minimum absolute atomic E-state index is 0. The van der Waals surface area contributed by atoms with Crippen LogP contribution in [0.2, 0.25) is 0 Å².